The molecule has 2 amide bonds. The molecule has 0 saturated carbocycles. The summed E-state index contributed by atoms with van der Waals surface area (Å²) in [7, 11) is 1.58. The zero-order valence-electron chi connectivity index (χ0n) is 7.11. The Morgan fingerprint density at radius 1 is 1.38 bits per heavy atom. The lowest BCUT2D eigenvalue weighted by Gasteiger charge is -2.02. The van der Waals surface area contributed by atoms with Gasteiger partial charge in [0.25, 0.3) is 0 Å². The molecule has 0 aliphatic carbocycles. The van der Waals surface area contributed by atoms with Gasteiger partial charge in [-0.05, 0) is 24.3 Å². The maximum atomic E-state index is 10.4. The van der Waals surface area contributed by atoms with E-state index in [0.717, 1.165) is 5.75 Å². The first-order valence-electron chi connectivity index (χ1n) is 3.43. The first kappa shape index (κ1) is 11.6. The van der Waals surface area contributed by atoms with Crippen molar-refractivity contribution in [3.8, 4) is 5.75 Å². The number of methoxy groups -OCH3 is 1. The topological polar surface area (TPSA) is 64.3 Å². The lowest BCUT2D eigenvalue weighted by atomic mass is 10.3. The van der Waals surface area contributed by atoms with Crippen LogP contribution in [0, 0.1) is 0 Å². The molecule has 1 aromatic rings. The second kappa shape index (κ2) is 5.27. The second-order valence-electron chi connectivity index (χ2n) is 2.22. The van der Waals surface area contributed by atoms with Crippen LogP contribution in [-0.2, 0) is 0 Å². The third-order valence-corrected chi connectivity index (χ3v) is 1.36. The second-order valence-corrected chi connectivity index (χ2v) is 2.22. The molecule has 13 heavy (non-hydrogen) atoms. The molecule has 0 bridgehead atoms. The molecule has 72 valence electrons. The van der Waals surface area contributed by atoms with Gasteiger partial charge in [-0.15, -0.1) is 12.4 Å². The van der Waals surface area contributed by atoms with Gasteiger partial charge in [-0.25, -0.2) is 4.79 Å². The van der Waals surface area contributed by atoms with Crippen molar-refractivity contribution < 1.29 is 9.53 Å². The summed E-state index contributed by atoms with van der Waals surface area (Å²) in [5.74, 6) is 0.741. The van der Waals surface area contributed by atoms with Crippen LogP contribution in [0.3, 0.4) is 0 Å². The van der Waals surface area contributed by atoms with Crippen molar-refractivity contribution >= 4 is 24.1 Å². The predicted octanol–water partition coefficient (Wildman–Crippen LogP) is 1.61. The highest BCUT2D eigenvalue weighted by Gasteiger charge is 1.95. The highest BCUT2D eigenvalue weighted by molar-refractivity contribution is 5.87. The maximum absolute atomic E-state index is 10.4. The van der Waals surface area contributed by atoms with E-state index in [-0.39, 0.29) is 12.4 Å². The van der Waals surface area contributed by atoms with E-state index in [0.29, 0.717) is 5.69 Å². The van der Waals surface area contributed by atoms with E-state index in [2.05, 4.69) is 5.32 Å². The van der Waals surface area contributed by atoms with E-state index < -0.39 is 6.03 Å². The van der Waals surface area contributed by atoms with Gasteiger partial charge in [0.2, 0.25) is 0 Å². The van der Waals surface area contributed by atoms with Crippen LogP contribution >= 0.6 is 12.4 Å². The molecule has 4 nitrogen and oxygen atoms in total. The fraction of sp³-hybridized carbons (Fsp3) is 0.125. The van der Waals surface area contributed by atoms with Crippen LogP contribution < -0.4 is 15.8 Å². The fourth-order valence-corrected chi connectivity index (χ4v) is 0.817. The number of hydrogen-bond acceptors (Lipinski definition) is 2. The number of primary amides is 1. The van der Waals surface area contributed by atoms with Crippen molar-refractivity contribution in [3.05, 3.63) is 24.3 Å². The minimum absolute atomic E-state index is 0. The zero-order chi connectivity index (χ0) is 8.97. The van der Waals surface area contributed by atoms with E-state index in [1.807, 2.05) is 0 Å². The smallest absolute Gasteiger partial charge is 0.316 e. The van der Waals surface area contributed by atoms with Gasteiger partial charge in [0.05, 0.1) is 7.11 Å². The van der Waals surface area contributed by atoms with Gasteiger partial charge in [0.1, 0.15) is 5.75 Å². The van der Waals surface area contributed by atoms with Crippen LogP contribution in [0.2, 0.25) is 0 Å². The van der Waals surface area contributed by atoms with Crippen molar-refractivity contribution in [3.63, 3.8) is 0 Å². The molecule has 0 fully saturated rings. The molecular weight excluding hydrogens is 192 g/mol. The predicted molar refractivity (Wildman–Crippen MR) is 53.4 cm³/mol. The number of benzene rings is 1. The Labute approximate surface area is 82.5 Å². The van der Waals surface area contributed by atoms with E-state index in [1.54, 1.807) is 31.4 Å². The van der Waals surface area contributed by atoms with Crippen LogP contribution in [0.1, 0.15) is 0 Å². The van der Waals surface area contributed by atoms with E-state index in [9.17, 15) is 4.79 Å². The highest BCUT2D eigenvalue weighted by Crippen LogP contribution is 2.14. The highest BCUT2D eigenvalue weighted by atomic mass is 35.5. The number of urea groups is 1. The van der Waals surface area contributed by atoms with Gasteiger partial charge < -0.3 is 15.8 Å². The van der Waals surface area contributed by atoms with Gasteiger partial charge >= 0.3 is 6.03 Å². The zero-order valence-corrected chi connectivity index (χ0v) is 7.93. The van der Waals surface area contributed by atoms with E-state index in [4.69, 9.17) is 10.5 Å². The van der Waals surface area contributed by atoms with Gasteiger partial charge in [-0.3, -0.25) is 0 Å². The molecule has 0 saturated heterocycles. The number of hydrogen-bond donors (Lipinski definition) is 2. The van der Waals surface area contributed by atoms with Crippen molar-refractivity contribution in [2.75, 3.05) is 12.4 Å². The average molecular weight is 203 g/mol. The van der Waals surface area contributed by atoms with Crippen molar-refractivity contribution in [1.82, 2.24) is 0 Å². The first-order valence-corrected chi connectivity index (χ1v) is 3.43. The number of anilines is 1. The molecule has 0 aliphatic rings. The summed E-state index contributed by atoms with van der Waals surface area (Å²) < 4.78 is 4.93. The number of halogens is 1. The van der Waals surface area contributed by atoms with E-state index in [1.165, 1.54) is 0 Å². The van der Waals surface area contributed by atoms with Gasteiger partial charge in [0, 0.05) is 5.69 Å². The van der Waals surface area contributed by atoms with E-state index >= 15 is 0 Å². The number of rotatable bonds is 2. The summed E-state index contributed by atoms with van der Waals surface area (Å²) in [6, 6.07) is 6.34. The summed E-state index contributed by atoms with van der Waals surface area (Å²) in [5.41, 5.74) is 5.57. The maximum Gasteiger partial charge on any atom is 0.316 e. The standard InChI is InChI=1S/C8H10N2O2.ClH/c1-12-7-4-2-6(3-5-7)10-8(9)11;/h2-5H,1H3,(H3,9,10,11);1H. The Balaban J connectivity index is 0.00000144. The summed E-state index contributed by atoms with van der Waals surface area (Å²) in [6.45, 7) is 0. The first-order chi connectivity index (χ1) is 5.72. The number of carbonyl (C=O) groups is 1. The van der Waals surface area contributed by atoms with Crippen LogP contribution in [0.25, 0.3) is 0 Å². The molecule has 0 atom stereocenters. The average Bonchev–Trinajstić information content (AvgIpc) is 2.05. The molecule has 0 radical (unpaired) electrons. The van der Waals surface area contributed by atoms with Gasteiger partial charge in [0.15, 0.2) is 0 Å². The molecule has 5 heteroatoms. The van der Waals surface area contributed by atoms with Gasteiger partial charge in [-0.2, -0.15) is 0 Å². The largest absolute Gasteiger partial charge is 0.497 e. The Kier molecular flexibility index (Phi) is 4.69. The summed E-state index contributed by atoms with van der Waals surface area (Å²) in [4.78, 5) is 10.4. The van der Waals surface area contributed by atoms with Crippen molar-refractivity contribution in [1.29, 1.82) is 0 Å². The van der Waals surface area contributed by atoms with Crippen LogP contribution in [0.4, 0.5) is 10.5 Å². The minimum atomic E-state index is -0.569. The summed E-state index contributed by atoms with van der Waals surface area (Å²) >= 11 is 0. The molecule has 0 unspecified atom stereocenters. The third-order valence-electron chi connectivity index (χ3n) is 1.36. The Hall–Kier alpha value is -1.42. The number of amides is 2. The monoisotopic (exact) mass is 202 g/mol. The molecule has 0 heterocycles. The van der Waals surface area contributed by atoms with Crippen LogP contribution in [0.15, 0.2) is 24.3 Å². The lowest BCUT2D eigenvalue weighted by Crippen LogP contribution is -2.19. The normalized spacial score (nSPS) is 8.38. The summed E-state index contributed by atoms with van der Waals surface area (Å²) in [6.07, 6.45) is 0. The van der Waals surface area contributed by atoms with Crippen LogP contribution in [0.5, 0.6) is 5.75 Å². The third kappa shape index (κ3) is 3.66. The molecule has 0 spiro atoms. The lowest BCUT2D eigenvalue weighted by molar-refractivity contribution is 0.259. The Morgan fingerprint density at radius 2 is 1.92 bits per heavy atom. The quantitative estimate of drug-likeness (QED) is 0.765. The Morgan fingerprint density at radius 3 is 2.31 bits per heavy atom. The number of ether oxygens (including phenoxy) is 1. The Bertz CT molecular complexity index is 274. The minimum Gasteiger partial charge on any atom is -0.497 e. The molecule has 3 N–H and O–H groups in total. The molecular formula is C8H11ClN2O2. The molecule has 0 aromatic heterocycles. The number of nitrogens with two attached hydrogens (primary N) is 1. The number of nitrogens with one attached hydrogen (secondary N) is 1. The molecule has 1 aromatic carbocycles. The van der Waals surface area contributed by atoms with Crippen molar-refractivity contribution in [2.45, 2.75) is 0 Å². The molecule has 1 rings (SSSR count). The SMILES string of the molecule is COc1ccc(NC(N)=O)cc1.Cl. The molecule has 0 aliphatic heterocycles. The van der Waals surface area contributed by atoms with Crippen LogP contribution in [-0.4, -0.2) is 13.1 Å². The fourth-order valence-electron chi connectivity index (χ4n) is 0.817. The van der Waals surface area contributed by atoms with Crippen molar-refractivity contribution in [2.24, 2.45) is 5.73 Å². The van der Waals surface area contributed by atoms with Gasteiger partial charge in [-0.1, -0.05) is 0 Å². The summed E-state index contributed by atoms with van der Waals surface area (Å²) in [5, 5.41) is 2.44. The number of carbonyl (C=O) groups excluding carboxylic acids is 1.